The van der Waals surface area contributed by atoms with Crippen molar-refractivity contribution in [1.29, 1.82) is 0 Å². The van der Waals surface area contributed by atoms with E-state index in [4.69, 9.17) is 4.74 Å². The van der Waals surface area contributed by atoms with Crippen molar-refractivity contribution in [1.82, 2.24) is 15.1 Å². The highest BCUT2D eigenvalue weighted by molar-refractivity contribution is 4.87. The first kappa shape index (κ1) is 16.2. The van der Waals surface area contributed by atoms with Gasteiger partial charge in [0.15, 0.2) is 0 Å². The number of likely N-dealkylation sites (tertiary alicyclic amines) is 1. The summed E-state index contributed by atoms with van der Waals surface area (Å²) in [6, 6.07) is 1.41. The first-order valence-corrected chi connectivity index (χ1v) is 8.52. The maximum absolute atomic E-state index is 5.46. The van der Waals surface area contributed by atoms with Crippen LogP contribution in [-0.2, 0) is 4.74 Å². The van der Waals surface area contributed by atoms with Gasteiger partial charge >= 0.3 is 0 Å². The molecule has 3 unspecified atom stereocenters. The number of rotatable bonds is 7. The molecular weight excluding hydrogens is 250 g/mol. The molecule has 4 heteroatoms. The standard InChI is InChI=1S/C16H33N3O/c1-4-14(3)16(17-5-2)13-18-7-6-15(12-18)19-8-10-20-11-9-19/h14-17H,4-13H2,1-3H3. The lowest BCUT2D eigenvalue weighted by atomic mass is 9.98. The summed E-state index contributed by atoms with van der Waals surface area (Å²) in [5, 5.41) is 3.68. The molecule has 0 radical (unpaired) electrons. The Morgan fingerprint density at radius 2 is 1.95 bits per heavy atom. The molecule has 2 heterocycles. The van der Waals surface area contributed by atoms with Crippen molar-refractivity contribution >= 4 is 0 Å². The SMILES string of the molecule is CCNC(CN1CCC(N2CCOCC2)C1)C(C)CC. The van der Waals surface area contributed by atoms with E-state index in [2.05, 4.69) is 35.9 Å². The number of likely N-dealkylation sites (N-methyl/N-ethyl adjacent to an activating group) is 1. The molecule has 1 N–H and O–H groups in total. The zero-order valence-electron chi connectivity index (χ0n) is 13.6. The van der Waals surface area contributed by atoms with E-state index in [0.29, 0.717) is 6.04 Å². The van der Waals surface area contributed by atoms with Crippen molar-refractivity contribution in [3.63, 3.8) is 0 Å². The molecule has 0 aromatic rings. The number of hydrogen-bond acceptors (Lipinski definition) is 4. The highest BCUT2D eigenvalue weighted by Crippen LogP contribution is 2.19. The fourth-order valence-corrected chi connectivity index (χ4v) is 3.49. The van der Waals surface area contributed by atoms with E-state index in [9.17, 15) is 0 Å². The van der Waals surface area contributed by atoms with Gasteiger partial charge in [-0.15, -0.1) is 0 Å². The van der Waals surface area contributed by atoms with Gasteiger partial charge in [0, 0.05) is 38.3 Å². The van der Waals surface area contributed by atoms with Gasteiger partial charge in [0.05, 0.1) is 13.2 Å². The number of hydrogen-bond donors (Lipinski definition) is 1. The number of morpholine rings is 1. The Labute approximate surface area is 124 Å². The predicted octanol–water partition coefficient (Wildman–Crippen LogP) is 1.42. The Balaban J connectivity index is 1.78. The van der Waals surface area contributed by atoms with Crippen LogP contribution in [0.5, 0.6) is 0 Å². The third-order valence-corrected chi connectivity index (χ3v) is 5.06. The summed E-state index contributed by atoms with van der Waals surface area (Å²) in [6.07, 6.45) is 2.59. The number of nitrogens with zero attached hydrogens (tertiary/aromatic N) is 2. The lowest BCUT2D eigenvalue weighted by molar-refractivity contribution is 0.0182. The third kappa shape index (κ3) is 4.42. The minimum atomic E-state index is 0.647. The van der Waals surface area contributed by atoms with Crippen LogP contribution in [0, 0.1) is 5.92 Å². The van der Waals surface area contributed by atoms with E-state index in [1.165, 1.54) is 32.5 Å². The normalized spacial score (nSPS) is 28.6. The van der Waals surface area contributed by atoms with Crippen LogP contribution in [0.1, 0.15) is 33.6 Å². The monoisotopic (exact) mass is 283 g/mol. The Morgan fingerprint density at radius 3 is 2.60 bits per heavy atom. The maximum Gasteiger partial charge on any atom is 0.0594 e. The van der Waals surface area contributed by atoms with Crippen molar-refractivity contribution in [2.75, 3.05) is 52.5 Å². The molecule has 0 aromatic carbocycles. The lowest BCUT2D eigenvalue weighted by Crippen LogP contribution is -2.47. The van der Waals surface area contributed by atoms with Crippen LogP contribution in [0.4, 0.5) is 0 Å². The second-order valence-corrected chi connectivity index (χ2v) is 6.40. The van der Waals surface area contributed by atoms with Crippen molar-refractivity contribution < 1.29 is 4.74 Å². The molecule has 0 bridgehead atoms. The summed E-state index contributed by atoms with van der Waals surface area (Å²) in [7, 11) is 0. The quantitative estimate of drug-likeness (QED) is 0.765. The first-order valence-electron chi connectivity index (χ1n) is 8.52. The van der Waals surface area contributed by atoms with Gasteiger partial charge in [0.2, 0.25) is 0 Å². The summed E-state index contributed by atoms with van der Waals surface area (Å²) in [6.45, 7) is 15.8. The molecule has 2 aliphatic heterocycles. The zero-order chi connectivity index (χ0) is 14.4. The van der Waals surface area contributed by atoms with Crippen LogP contribution < -0.4 is 5.32 Å². The van der Waals surface area contributed by atoms with Gasteiger partial charge in [0.25, 0.3) is 0 Å². The fraction of sp³-hybridized carbons (Fsp3) is 1.00. The molecule has 0 spiro atoms. The molecular formula is C16H33N3O. The molecule has 2 rings (SSSR count). The molecule has 3 atom stereocenters. The van der Waals surface area contributed by atoms with Gasteiger partial charge < -0.3 is 15.0 Å². The van der Waals surface area contributed by atoms with Crippen LogP contribution >= 0.6 is 0 Å². The largest absolute Gasteiger partial charge is 0.379 e. The molecule has 2 aliphatic rings. The van der Waals surface area contributed by atoms with Crippen molar-refractivity contribution in [2.24, 2.45) is 5.92 Å². The van der Waals surface area contributed by atoms with E-state index in [1.54, 1.807) is 0 Å². The summed E-state index contributed by atoms with van der Waals surface area (Å²) in [5.41, 5.74) is 0. The molecule has 118 valence electrons. The van der Waals surface area contributed by atoms with Crippen LogP contribution in [0.15, 0.2) is 0 Å². The average molecular weight is 283 g/mol. The Hall–Kier alpha value is -0.160. The topological polar surface area (TPSA) is 27.7 Å². The molecule has 20 heavy (non-hydrogen) atoms. The van der Waals surface area contributed by atoms with Gasteiger partial charge in [-0.1, -0.05) is 27.2 Å². The molecule has 2 saturated heterocycles. The minimum absolute atomic E-state index is 0.647. The van der Waals surface area contributed by atoms with Crippen molar-refractivity contribution in [2.45, 2.75) is 45.7 Å². The highest BCUT2D eigenvalue weighted by atomic mass is 16.5. The Kier molecular flexibility index (Phi) is 6.75. The van der Waals surface area contributed by atoms with Crippen LogP contribution in [0.25, 0.3) is 0 Å². The molecule has 0 aromatic heterocycles. The van der Waals surface area contributed by atoms with Crippen LogP contribution in [0.2, 0.25) is 0 Å². The first-order chi connectivity index (χ1) is 9.74. The molecule has 0 amide bonds. The summed E-state index contributed by atoms with van der Waals surface area (Å²) < 4.78 is 5.46. The smallest absolute Gasteiger partial charge is 0.0594 e. The van der Waals surface area contributed by atoms with E-state index in [1.807, 2.05) is 0 Å². The van der Waals surface area contributed by atoms with Gasteiger partial charge in [-0.3, -0.25) is 4.90 Å². The van der Waals surface area contributed by atoms with Gasteiger partial charge in [0.1, 0.15) is 0 Å². The maximum atomic E-state index is 5.46. The van der Waals surface area contributed by atoms with Crippen molar-refractivity contribution in [3.8, 4) is 0 Å². The second-order valence-electron chi connectivity index (χ2n) is 6.40. The lowest BCUT2D eigenvalue weighted by Gasteiger charge is -2.33. The zero-order valence-corrected chi connectivity index (χ0v) is 13.6. The van der Waals surface area contributed by atoms with E-state index >= 15 is 0 Å². The van der Waals surface area contributed by atoms with Gasteiger partial charge in [-0.2, -0.15) is 0 Å². The number of ether oxygens (including phenoxy) is 1. The summed E-state index contributed by atoms with van der Waals surface area (Å²) in [5.74, 6) is 0.761. The average Bonchev–Trinajstić information content (AvgIpc) is 2.95. The summed E-state index contributed by atoms with van der Waals surface area (Å²) in [4.78, 5) is 5.30. The second kappa shape index (κ2) is 8.32. The third-order valence-electron chi connectivity index (χ3n) is 5.06. The van der Waals surface area contributed by atoms with E-state index in [0.717, 1.165) is 44.8 Å². The Bertz CT molecular complexity index is 268. The summed E-state index contributed by atoms with van der Waals surface area (Å²) >= 11 is 0. The van der Waals surface area contributed by atoms with Gasteiger partial charge in [-0.25, -0.2) is 0 Å². The predicted molar refractivity (Wildman–Crippen MR) is 84.2 cm³/mol. The van der Waals surface area contributed by atoms with Crippen LogP contribution in [-0.4, -0.2) is 74.4 Å². The van der Waals surface area contributed by atoms with E-state index < -0.39 is 0 Å². The van der Waals surface area contributed by atoms with Crippen molar-refractivity contribution in [3.05, 3.63) is 0 Å². The van der Waals surface area contributed by atoms with E-state index in [-0.39, 0.29) is 0 Å². The Morgan fingerprint density at radius 1 is 1.20 bits per heavy atom. The molecule has 2 fully saturated rings. The van der Waals surface area contributed by atoms with Gasteiger partial charge in [-0.05, 0) is 25.4 Å². The fourth-order valence-electron chi connectivity index (χ4n) is 3.49. The van der Waals surface area contributed by atoms with Crippen LogP contribution in [0.3, 0.4) is 0 Å². The molecule has 4 nitrogen and oxygen atoms in total. The number of nitrogens with one attached hydrogen (secondary N) is 1. The minimum Gasteiger partial charge on any atom is -0.379 e. The molecule has 0 saturated carbocycles. The molecule has 0 aliphatic carbocycles. The highest BCUT2D eigenvalue weighted by Gasteiger charge is 2.30.